The van der Waals surface area contributed by atoms with E-state index in [1.807, 2.05) is 39.5 Å². The fourth-order valence-corrected chi connectivity index (χ4v) is 5.79. The predicted molar refractivity (Wildman–Crippen MR) is 188 cm³/mol. The summed E-state index contributed by atoms with van der Waals surface area (Å²) >= 11 is 5.91. The van der Waals surface area contributed by atoms with Crippen LogP contribution in [-0.2, 0) is 13.6 Å². The standard InChI is InChI=1S/C37H29ClFN7O4/c1-44(2)19-22-6-4-7-23(16-22)31-32-35(40-21-41-36(32)50-33(31)24-18-42-45(3)20-24)49-27-12-9-25(10-13-27)43-34(47)28-8-5-15-46(37(28)48)26-11-14-30(39)29(38)17-26/h4-18,20-21H,19H2,1-3H3,(H,43,47). The zero-order valence-electron chi connectivity index (χ0n) is 27.1. The van der Waals surface area contributed by atoms with E-state index in [2.05, 4.69) is 37.4 Å². The lowest BCUT2D eigenvalue weighted by atomic mass is 9.99. The van der Waals surface area contributed by atoms with Crippen LogP contribution in [0, 0.1) is 5.82 Å². The molecule has 4 heterocycles. The van der Waals surface area contributed by atoms with Gasteiger partial charge in [0.15, 0.2) is 0 Å². The summed E-state index contributed by atoms with van der Waals surface area (Å²) < 4.78 is 29.2. The van der Waals surface area contributed by atoms with E-state index >= 15 is 0 Å². The van der Waals surface area contributed by atoms with Crippen LogP contribution in [0.1, 0.15) is 15.9 Å². The van der Waals surface area contributed by atoms with E-state index in [9.17, 15) is 14.0 Å². The first-order valence-electron chi connectivity index (χ1n) is 15.4. The maximum atomic E-state index is 13.7. The van der Waals surface area contributed by atoms with Crippen molar-refractivity contribution >= 4 is 34.3 Å². The molecule has 11 nitrogen and oxygen atoms in total. The van der Waals surface area contributed by atoms with E-state index in [1.54, 1.807) is 41.2 Å². The van der Waals surface area contributed by atoms with Crippen LogP contribution >= 0.6 is 11.6 Å². The minimum Gasteiger partial charge on any atom is -0.438 e. The topological polar surface area (TPSA) is 120 Å². The molecule has 0 saturated carbocycles. The van der Waals surface area contributed by atoms with Crippen LogP contribution in [0.5, 0.6) is 11.6 Å². The van der Waals surface area contributed by atoms with Crippen molar-refractivity contribution < 1.29 is 18.3 Å². The third kappa shape index (κ3) is 6.49. The first-order valence-corrected chi connectivity index (χ1v) is 15.8. The molecule has 0 aliphatic carbocycles. The summed E-state index contributed by atoms with van der Waals surface area (Å²) in [6.45, 7) is 0.748. The first-order chi connectivity index (χ1) is 24.1. The average molecular weight is 690 g/mol. The van der Waals surface area contributed by atoms with Gasteiger partial charge >= 0.3 is 0 Å². The minimum atomic E-state index is -0.619. The number of aryl methyl sites for hydroxylation is 1. The lowest BCUT2D eigenvalue weighted by molar-refractivity contribution is 0.102. The lowest BCUT2D eigenvalue weighted by Gasteiger charge is -2.12. The second kappa shape index (κ2) is 13.4. The zero-order chi connectivity index (χ0) is 34.9. The lowest BCUT2D eigenvalue weighted by Crippen LogP contribution is -2.27. The Balaban J connectivity index is 1.18. The van der Waals surface area contributed by atoms with E-state index in [-0.39, 0.29) is 16.5 Å². The van der Waals surface area contributed by atoms with Crippen molar-refractivity contribution in [3.8, 4) is 39.8 Å². The van der Waals surface area contributed by atoms with Gasteiger partial charge < -0.3 is 19.4 Å². The Morgan fingerprint density at radius 1 is 1.02 bits per heavy atom. The number of fused-ring (bicyclic) bond motifs is 1. The van der Waals surface area contributed by atoms with Crippen LogP contribution in [0.3, 0.4) is 0 Å². The summed E-state index contributed by atoms with van der Waals surface area (Å²) in [5.74, 6) is 0.0744. The maximum Gasteiger partial charge on any atom is 0.267 e. The zero-order valence-corrected chi connectivity index (χ0v) is 27.9. The molecule has 50 heavy (non-hydrogen) atoms. The molecular weight excluding hydrogens is 661 g/mol. The second-order valence-electron chi connectivity index (χ2n) is 11.8. The number of anilines is 1. The number of carbonyl (C=O) groups is 1. The predicted octanol–water partition coefficient (Wildman–Crippen LogP) is 7.34. The number of hydrogen-bond acceptors (Lipinski definition) is 8. The van der Waals surface area contributed by atoms with Crippen molar-refractivity contribution in [3.63, 3.8) is 0 Å². The molecule has 1 N–H and O–H groups in total. The number of ether oxygens (including phenoxy) is 1. The number of amides is 1. The van der Waals surface area contributed by atoms with Crippen LogP contribution < -0.4 is 15.6 Å². The van der Waals surface area contributed by atoms with Gasteiger partial charge in [-0.25, -0.2) is 14.4 Å². The van der Waals surface area contributed by atoms with E-state index in [0.29, 0.717) is 34.0 Å². The molecule has 0 fully saturated rings. The van der Waals surface area contributed by atoms with Crippen LogP contribution in [-0.4, -0.2) is 49.2 Å². The molecule has 0 bridgehead atoms. The van der Waals surface area contributed by atoms with Crippen LogP contribution in [0.25, 0.3) is 39.2 Å². The van der Waals surface area contributed by atoms with Gasteiger partial charge in [-0.2, -0.15) is 5.10 Å². The summed E-state index contributed by atoms with van der Waals surface area (Å²) in [4.78, 5) is 37.3. The molecule has 250 valence electrons. The molecule has 0 saturated heterocycles. The van der Waals surface area contributed by atoms with Crippen molar-refractivity contribution in [2.45, 2.75) is 6.54 Å². The fourth-order valence-electron chi connectivity index (χ4n) is 5.61. The molecule has 0 unspecified atom stereocenters. The molecule has 7 rings (SSSR count). The van der Waals surface area contributed by atoms with Crippen LogP contribution in [0.2, 0.25) is 5.02 Å². The average Bonchev–Trinajstić information content (AvgIpc) is 3.71. The molecule has 0 aliphatic rings. The largest absolute Gasteiger partial charge is 0.438 e. The van der Waals surface area contributed by atoms with Gasteiger partial charge in [0.1, 0.15) is 34.6 Å². The SMILES string of the molecule is CN(C)Cc1cccc(-c2c(-c3cnn(C)c3)oc3ncnc(Oc4ccc(NC(=O)c5cccn(-c6ccc(F)c(Cl)c6)c5=O)cc4)c23)c1. The van der Waals surface area contributed by atoms with E-state index in [0.717, 1.165) is 34.9 Å². The molecule has 13 heteroatoms. The number of nitrogens with zero attached hydrogens (tertiary/aromatic N) is 6. The molecule has 0 spiro atoms. The van der Waals surface area contributed by atoms with Gasteiger partial charge in [0, 0.05) is 37.2 Å². The van der Waals surface area contributed by atoms with Gasteiger partial charge in [-0.3, -0.25) is 18.8 Å². The number of aromatic nitrogens is 5. The Hall–Kier alpha value is -6.11. The third-order valence-electron chi connectivity index (χ3n) is 7.83. The fraction of sp³-hybridized carbons (Fsp3) is 0.108. The molecule has 0 aliphatic heterocycles. The summed E-state index contributed by atoms with van der Waals surface area (Å²) in [6, 6.07) is 21.7. The highest BCUT2D eigenvalue weighted by molar-refractivity contribution is 6.30. The van der Waals surface area contributed by atoms with Gasteiger partial charge in [-0.15, -0.1) is 0 Å². The number of rotatable bonds is 9. The molecule has 4 aromatic heterocycles. The molecule has 3 aromatic carbocycles. The van der Waals surface area contributed by atoms with Crippen molar-refractivity contribution in [2.24, 2.45) is 7.05 Å². The van der Waals surface area contributed by atoms with Gasteiger partial charge in [-0.05, 0) is 85.9 Å². The second-order valence-corrected chi connectivity index (χ2v) is 12.2. The Labute approximate surface area is 290 Å². The number of furan rings is 1. The summed E-state index contributed by atoms with van der Waals surface area (Å²) in [7, 11) is 5.87. The van der Waals surface area contributed by atoms with Gasteiger partial charge in [0.2, 0.25) is 11.6 Å². The number of hydrogen-bond donors (Lipinski definition) is 1. The number of pyridine rings is 1. The molecule has 0 radical (unpaired) electrons. The first kappa shape index (κ1) is 32.4. The monoisotopic (exact) mass is 689 g/mol. The molecule has 7 aromatic rings. The quantitative estimate of drug-likeness (QED) is 0.167. The summed E-state index contributed by atoms with van der Waals surface area (Å²) in [5.41, 5.74) is 3.97. The highest BCUT2D eigenvalue weighted by Crippen LogP contribution is 2.44. The number of nitrogens with one attached hydrogen (secondary N) is 1. The summed E-state index contributed by atoms with van der Waals surface area (Å²) in [5, 5.41) is 7.54. The smallest absolute Gasteiger partial charge is 0.267 e. The normalized spacial score (nSPS) is 11.3. The highest BCUT2D eigenvalue weighted by Gasteiger charge is 2.24. The Morgan fingerprint density at radius 2 is 1.84 bits per heavy atom. The van der Waals surface area contributed by atoms with Crippen molar-refractivity contribution in [1.29, 1.82) is 0 Å². The van der Waals surface area contributed by atoms with Crippen molar-refractivity contribution in [2.75, 3.05) is 19.4 Å². The van der Waals surface area contributed by atoms with Gasteiger partial charge in [0.05, 0.1) is 22.5 Å². The Morgan fingerprint density at radius 3 is 2.58 bits per heavy atom. The van der Waals surface area contributed by atoms with Crippen LogP contribution in [0.4, 0.5) is 10.1 Å². The van der Waals surface area contributed by atoms with E-state index in [1.165, 1.54) is 35.3 Å². The van der Waals surface area contributed by atoms with Crippen molar-refractivity contribution in [3.05, 3.63) is 136 Å². The summed E-state index contributed by atoms with van der Waals surface area (Å²) in [6.07, 6.45) is 6.45. The molecular formula is C37H29ClFN7O4. The van der Waals surface area contributed by atoms with Crippen molar-refractivity contribution in [1.82, 2.24) is 29.2 Å². The van der Waals surface area contributed by atoms with Crippen LogP contribution in [0.15, 0.2) is 113 Å². The Bertz CT molecular complexity index is 2440. The Kier molecular flexibility index (Phi) is 8.71. The molecule has 1 amide bonds. The minimum absolute atomic E-state index is 0.108. The third-order valence-corrected chi connectivity index (χ3v) is 8.12. The van der Waals surface area contributed by atoms with E-state index < -0.39 is 17.3 Å². The molecule has 0 atom stereocenters. The number of benzene rings is 3. The van der Waals surface area contributed by atoms with E-state index in [4.69, 9.17) is 20.8 Å². The number of carbonyl (C=O) groups excluding carboxylic acids is 1. The highest BCUT2D eigenvalue weighted by atomic mass is 35.5. The van der Waals surface area contributed by atoms with Gasteiger partial charge in [0.25, 0.3) is 11.5 Å². The maximum absolute atomic E-state index is 13.7. The van der Waals surface area contributed by atoms with Gasteiger partial charge in [-0.1, -0.05) is 29.8 Å². The number of halogens is 2.